The third-order valence-electron chi connectivity index (χ3n) is 4.58. The van der Waals surface area contributed by atoms with Gasteiger partial charge in [-0.05, 0) is 36.2 Å². The van der Waals surface area contributed by atoms with Crippen molar-refractivity contribution in [2.45, 2.75) is 12.3 Å². The van der Waals surface area contributed by atoms with E-state index >= 15 is 0 Å². The Labute approximate surface area is 154 Å². The van der Waals surface area contributed by atoms with E-state index in [0.717, 1.165) is 17.5 Å². The van der Waals surface area contributed by atoms with Crippen LogP contribution in [-0.2, 0) is 0 Å². The van der Waals surface area contributed by atoms with E-state index < -0.39 is 5.82 Å². The molecular formula is C18H15ClFN5O. The molecule has 0 aliphatic carbocycles. The molecule has 8 heteroatoms. The van der Waals surface area contributed by atoms with Crippen molar-refractivity contribution in [1.82, 2.24) is 25.3 Å². The second kappa shape index (κ2) is 6.84. The molecule has 1 aromatic carbocycles. The maximum atomic E-state index is 13.7. The van der Waals surface area contributed by atoms with Gasteiger partial charge in [0.1, 0.15) is 11.5 Å². The van der Waals surface area contributed by atoms with Crippen molar-refractivity contribution in [2.24, 2.45) is 0 Å². The van der Waals surface area contributed by atoms with Gasteiger partial charge in [-0.1, -0.05) is 17.7 Å². The van der Waals surface area contributed by atoms with Crippen LogP contribution in [0.4, 0.5) is 4.39 Å². The minimum Gasteiger partial charge on any atom is -0.337 e. The highest BCUT2D eigenvalue weighted by Gasteiger charge is 2.29. The fourth-order valence-corrected chi connectivity index (χ4v) is 3.29. The summed E-state index contributed by atoms with van der Waals surface area (Å²) in [5.41, 5.74) is 2.69. The predicted octanol–water partition coefficient (Wildman–Crippen LogP) is 3.29. The van der Waals surface area contributed by atoms with E-state index in [4.69, 9.17) is 11.6 Å². The lowest BCUT2D eigenvalue weighted by Crippen LogP contribution is -2.28. The van der Waals surface area contributed by atoms with Crippen LogP contribution in [0.15, 0.2) is 42.7 Å². The first kappa shape index (κ1) is 16.7. The molecule has 1 fully saturated rings. The van der Waals surface area contributed by atoms with Crippen molar-refractivity contribution in [3.8, 4) is 11.3 Å². The lowest BCUT2D eigenvalue weighted by atomic mass is 9.98. The molecule has 1 aliphatic heterocycles. The number of benzene rings is 1. The third-order valence-corrected chi connectivity index (χ3v) is 4.89. The largest absolute Gasteiger partial charge is 0.337 e. The summed E-state index contributed by atoms with van der Waals surface area (Å²) in [6.45, 7) is 1.14. The highest BCUT2D eigenvalue weighted by Crippen LogP contribution is 2.30. The van der Waals surface area contributed by atoms with Gasteiger partial charge in [0.25, 0.3) is 5.91 Å². The number of likely N-dealkylation sites (tertiary alicyclic amines) is 1. The van der Waals surface area contributed by atoms with Gasteiger partial charge in [0.05, 0.1) is 23.1 Å². The number of carbonyl (C=O) groups excluding carboxylic acids is 1. The van der Waals surface area contributed by atoms with Crippen molar-refractivity contribution >= 4 is 17.5 Å². The highest BCUT2D eigenvalue weighted by atomic mass is 35.5. The van der Waals surface area contributed by atoms with Crippen LogP contribution in [0, 0.1) is 5.82 Å². The number of halogens is 2. The fraction of sp³-hybridized carbons (Fsp3) is 0.222. The summed E-state index contributed by atoms with van der Waals surface area (Å²) in [6, 6.07) is 8.30. The molecule has 1 atom stereocenters. The van der Waals surface area contributed by atoms with Gasteiger partial charge in [-0.3, -0.25) is 9.89 Å². The zero-order chi connectivity index (χ0) is 18.1. The van der Waals surface area contributed by atoms with Gasteiger partial charge in [-0.25, -0.2) is 4.39 Å². The van der Waals surface area contributed by atoms with E-state index in [1.807, 2.05) is 6.07 Å². The van der Waals surface area contributed by atoms with Crippen LogP contribution in [-0.4, -0.2) is 44.3 Å². The summed E-state index contributed by atoms with van der Waals surface area (Å²) in [5, 5.41) is 14.6. The van der Waals surface area contributed by atoms with Crippen molar-refractivity contribution in [3.63, 3.8) is 0 Å². The van der Waals surface area contributed by atoms with E-state index in [0.29, 0.717) is 24.5 Å². The molecule has 2 aromatic heterocycles. The molecule has 1 N–H and O–H groups in total. The SMILES string of the molecule is O=C(c1cc(-c2ccnnc2)n[nH]1)N1CCC(c2ccc(Cl)c(F)c2)C1. The Kier molecular flexibility index (Phi) is 4.38. The second-order valence-corrected chi connectivity index (χ2v) is 6.62. The number of hydrogen-bond acceptors (Lipinski definition) is 4. The van der Waals surface area contributed by atoms with Gasteiger partial charge in [-0.15, -0.1) is 0 Å². The molecule has 26 heavy (non-hydrogen) atoms. The zero-order valence-corrected chi connectivity index (χ0v) is 14.4. The molecule has 132 valence electrons. The van der Waals surface area contributed by atoms with Crippen molar-refractivity contribution < 1.29 is 9.18 Å². The molecular weight excluding hydrogens is 357 g/mol. The summed E-state index contributed by atoms with van der Waals surface area (Å²) in [7, 11) is 0. The normalized spacial score (nSPS) is 16.8. The quantitative estimate of drug-likeness (QED) is 0.766. The van der Waals surface area contributed by atoms with Crippen molar-refractivity contribution in [2.75, 3.05) is 13.1 Å². The Hall–Kier alpha value is -2.80. The summed E-state index contributed by atoms with van der Waals surface area (Å²) < 4.78 is 13.7. The maximum absolute atomic E-state index is 13.7. The molecule has 1 amide bonds. The van der Waals surface area contributed by atoms with Crippen LogP contribution in [0.5, 0.6) is 0 Å². The van der Waals surface area contributed by atoms with E-state index in [9.17, 15) is 9.18 Å². The monoisotopic (exact) mass is 371 g/mol. The number of nitrogens with one attached hydrogen (secondary N) is 1. The van der Waals surface area contributed by atoms with Crippen LogP contribution in [0.2, 0.25) is 5.02 Å². The standard InChI is InChI=1S/C18H15ClFN5O/c19-14-2-1-11(7-15(14)20)13-4-6-25(10-13)18(26)17-8-16(23-24-17)12-3-5-21-22-9-12/h1-3,5,7-9,13H,4,6,10H2,(H,23,24). The summed E-state index contributed by atoms with van der Waals surface area (Å²) in [5.74, 6) is -0.460. The maximum Gasteiger partial charge on any atom is 0.271 e. The van der Waals surface area contributed by atoms with Gasteiger partial charge in [-0.2, -0.15) is 15.3 Å². The molecule has 0 radical (unpaired) electrons. The highest BCUT2D eigenvalue weighted by molar-refractivity contribution is 6.30. The van der Waals surface area contributed by atoms with Crippen molar-refractivity contribution in [3.05, 3.63) is 64.8 Å². The molecule has 1 unspecified atom stereocenters. The number of H-pyrrole nitrogens is 1. The molecule has 1 saturated heterocycles. The first-order valence-corrected chi connectivity index (χ1v) is 8.56. The average molecular weight is 372 g/mol. The minimum atomic E-state index is -0.432. The summed E-state index contributed by atoms with van der Waals surface area (Å²) in [4.78, 5) is 14.5. The van der Waals surface area contributed by atoms with Crippen LogP contribution in [0.1, 0.15) is 28.4 Å². The van der Waals surface area contributed by atoms with Crippen molar-refractivity contribution in [1.29, 1.82) is 0 Å². The number of nitrogens with zero attached hydrogens (tertiary/aromatic N) is 4. The topological polar surface area (TPSA) is 74.8 Å². The minimum absolute atomic E-state index is 0.0949. The Morgan fingerprint density at radius 3 is 2.92 bits per heavy atom. The van der Waals surface area contributed by atoms with Gasteiger partial charge in [0.2, 0.25) is 0 Å². The molecule has 0 spiro atoms. The Morgan fingerprint density at radius 1 is 1.27 bits per heavy atom. The zero-order valence-electron chi connectivity index (χ0n) is 13.7. The Morgan fingerprint density at radius 2 is 2.15 bits per heavy atom. The van der Waals surface area contributed by atoms with E-state index in [-0.39, 0.29) is 16.8 Å². The smallest absolute Gasteiger partial charge is 0.271 e. The molecule has 4 rings (SSSR count). The first-order valence-electron chi connectivity index (χ1n) is 8.18. The van der Waals surface area contributed by atoms with Gasteiger partial charge in [0, 0.05) is 24.6 Å². The first-order chi connectivity index (χ1) is 12.6. The average Bonchev–Trinajstić information content (AvgIpc) is 3.34. The predicted molar refractivity (Wildman–Crippen MR) is 94.3 cm³/mol. The van der Waals surface area contributed by atoms with Gasteiger partial charge in [0.15, 0.2) is 0 Å². The lowest BCUT2D eigenvalue weighted by molar-refractivity contribution is 0.0785. The lowest BCUT2D eigenvalue weighted by Gasteiger charge is -2.15. The molecule has 0 saturated carbocycles. The van der Waals surface area contributed by atoms with Crippen LogP contribution >= 0.6 is 11.6 Å². The summed E-state index contributed by atoms with van der Waals surface area (Å²) in [6.07, 6.45) is 3.94. The van der Waals surface area contributed by atoms with Crippen LogP contribution < -0.4 is 0 Å². The molecule has 3 aromatic rings. The molecule has 0 bridgehead atoms. The number of amides is 1. The Bertz CT molecular complexity index is 946. The summed E-state index contributed by atoms with van der Waals surface area (Å²) >= 11 is 5.74. The van der Waals surface area contributed by atoms with E-state index in [2.05, 4.69) is 20.4 Å². The third kappa shape index (κ3) is 3.17. The van der Waals surface area contributed by atoms with Crippen LogP contribution in [0.25, 0.3) is 11.3 Å². The van der Waals surface area contributed by atoms with E-state index in [1.54, 1.807) is 35.5 Å². The van der Waals surface area contributed by atoms with Crippen LogP contribution in [0.3, 0.4) is 0 Å². The van der Waals surface area contributed by atoms with E-state index in [1.165, 1.54) is 6.07 Å². The number of hydrogen-bond donors (Lipinski definition) is 1. The second-order valence-electron chi connectivity index (χ2n) is 6.21. The fourth-order valence-electron chi connectivity index (χ4n) is 3.17. The van der Waals surface area contributed by atoms with Gasteiger partial charge < -0.3 is 4.90 Å². The molecule has 6 nitrogen and oxygen atoms in total. The van der Waals surface area contributed by atoms with Gasteiger partial charge >= 0.3 is 0 Å². The number of rotatable bonds is 3. The number of carbonyl (C=O) groups is 1. The number of aromatic nitrogens is 4. The molecule has 3 heterocycles. The molecule has 1 aliphatic rings. The number of aromatic amines is 1. The Balaban J connectivity index is 1.48.